The predicted octanol–water partition coefficient (Wildman–Crippen LogP) is 1.48. The molecule has 0 aromatic heterocycles. The van der Waals surface area contributed by atoms with Crippen LogP contribution in [0, 0.1) is 5.92 Å². The fourth-order valence-corrected chi connectivity index (χ4v) is 3.63. The van der Waals surface area contributed by atoms with Gasteiger partial charge in [0.15, 0.2) is 0 Å². The molecule has 2 rings (SSSR count). The average molecular weight is 312 g/mol. The van der Waals surface area contributed by atoms with Crippen LogP contribution in [0.15, 0.2) is 23.1 Å². The third-order valence-electron chi connectivity index (χ3n) is 3.31. The molecule has 21 heavy (non-hydrogen) atoms. The van der Waals surface area contributed by atoms with Gasteiger partial charge in [0.2, 0.25) is 0 Å². The number of nitrogen functional groups attached to an aromatic ring is 1. The fraction of sp³-hybridized carbons (Fsp3) is 0.500. The molecule has 0 saturated carbocycles. The molecule has 0 fully saturated rings. The lowest BCUT2D eigenvalue weighted by atomic mass is 10.1. The van der Waals surface area contributed by atoms with Gasteiger partial charge in [-0.3, -0.25) is 4.79 Å². The van der Waals surface area contributed by atoms with E-state index in [2.05, 4.69) is 13.8 Å². The summed E-state index contributed by atoms with van der Waals surface area (Å²) in [6, 6.07) is 4.25. The van der Waals surface area contributed by atoms with Gasteiger partial charge in [-0.05, 0) is 30.5 Å². The van der Waals surface area contributed by atoms with E-state index < -0.39 is 15.9 Å². The summed E-state index contributed by atoms with van der Waals surface area (Å²) in [6.45, 7) is 4.94. The van der Waals surface area contributed by atoms with Crippen molar-refractivity contribution in [2.75, 3.05) is 25.5 Å². The van der Waals surface area contributed by atoms with Crippen LogP contribution in [0.2, 0.25) is 0 Å². The molecule has 7 heteroatoms. The third-order valence-corrected chi connectivity index (χ3v) is 5.15. The number of hydrogen-bond donors (Lipinski definition) is 1. The second-order valence-electron chi connectivity index (χ2n) is 5.43. The molecular weight excluding hydrogens is 292 g/mol. The first-order valence-corrected chi connectivity index (χ1v) is 8.32. The summed E-state index contributed by atoms with van der Waals surface area (Å²) in [6.07, 6.45) is 0.900. The molecule has 1 aromatic carbocycles. The number of anilines is 1. The maximum Gasteiger partial charge on any atom is 0.269 e. The molecule has 1 aliphatic rings. The molecule has 1 amide bonds. The smallest absolute Gasteiger partial charge is 0.269 e. The highest BCUT2D eigenvalue weighted by Gasteiger charge is 2.40. The standard InChI is InChI=1S/C14H20N2O4S/c1-10(2)5-7-20-8-6-16-14(17)12-9-11(15)3-4-13(12)21(16,18)19/h3-4,9-10H,5-8,15H2,1-2H3. The van der Waals surface area contributed by atoms with Crippen molar-refractivity contribution in [2.45, 2.75) is 25.2 Å². The van der Waals surface area contributed by atoms with E-state index in [0.717, 1.165) is 10.7 Å². The van der Waals surface area contributed by atoms with Crippen LogP contribution in [0.4, 0.5) is 5.69 Å². The summed E-state index contributed by atoms with van der Waals surface area (Å²) in [4.78, 5) is 12.2. The Bertz CT molecular complexity index is 640. The number of nitrogens with two attached hydrogens (primary N) is 1. The minimum Gasteiger partial charge on any atom is -0.399 e. The SMILES string of the molecule is CC(C)CCOCCN1C(=O)c2cc(N)ccc2S1(=O)=O. The summed E-state index contributed by atoms with van der Waals surface area (Å²) in [5.41, 5.74) is 6.11. The molecule has 0 radical (unpaired) electrons. The highest BCUT2D eigenvalue weighted by Crippen LogP contribution is 2.31. The molecule has 1 aromatic rings. The van der Waals surface area contributed by atoms with Gasteiger partial charge in [-0.1, -0.05) is 13.8 Å². The number of fused-ring (bicyclic) bond motifs is 1. The first-order chi connectivity index (χ1) is 9.84. The second-order valence-corrected chi connectivity index (χ2v) is 7.26. The average Bonchev–Trinajstić information content (AvgIpc) is 2.58. The normalized spacial score (nSPS) is 16.5. The molecule has 0 aliphatic carbocycles. The quantitative estimate of drug-likeness (QED) is 0.634. The number of nitrogens with zero attached hydrogens (tertiary/aromatic N) is 1. The highest BCUT2D eigenvalue weighted by molar-refractivity contribution is 7.90. The van der Waals surface area contributed by atoms with Gasteiger partial charge in [-0.25, -0.2) is 12.7 Å². The van der Waals surface area contributed by atoms with E-state index in [1.165, 1.54) is 18.2 Å². The van der Waals surface area contributed by atoms with Crippen LogP contribution in [-0.2, 0) is 14.8 Å². The molecule has 0 bridgehead atoms. The maximum absolute atomic E-state index is 12.3. The van der Waals surface area contributed by atoms with Crippen molar-refractivity contribution >= 4 is 21.6 Å². The lowest BCUT2D eigenvalue weighted by Gasteiger charge is -2.15. The van der Waals surface area contributed by atoms with Crippen LogP contribution in [0.3, 0.4) is 0 Å². The molecule has 2 N–H and O–H groups in total. The van der Waals surface area contributed by atoms with Crippen molar-refractivity contribution < 1.29 is 17.9 Å². The molecule has 0 spiro atoms. The van der Waals surface area contributed by atoms with Gasteiger partial charge in [0.05, 0.1) is 18.7 Å². The van der Waals surface area contributed by atoms with Crippen LogP contribution < -0.4 is 5.73 Å². The number of hydrogen-bond acceptors (Lipinski definition) is 5. The summed E-state index contributed by atoms with van der Waals surface area (Å²) in [7, 11) is -3.77. The van der Waals surface area contributed by atoms with Crippen molar-refractivity contribution in [2.24, 2.45) is 5.92 Å². The zero-order valence-electron chi connectivity index (χ0n) is 12.2. The first kappa shape index (κ1) is 15.8. The van der Waals surface area contributed by atoms with Gasteiger partial charge >= 0.3 is 0 Å². The molecule has 116 valence electrons. The number of benzene rings is 1. The van der Waals surface area contributed by atoms with E-state index in [1.54, 1.807) is 0 Å². The van der Waals surface area contributed by atoms with E-state index in [1.807, 2.05) is 0 Å². The van der Waals surface area contributed by atoms with Crippen molar-refractivity contribution in [3.8, 4) is 0 Å². The third kappa shape index (κ3) is 3.19. The molecule has 1 heterocycles. The van der Waals surface area contributed by atoms with E-state index in [0.29, 0.717) is 18.2 Å². The largest absolute Gasteiger partial charge is 0.399 e. The summed E-state index contributed by atoms with van der Waals surface area (Å²) < 4.78 is 30.8. The van der Waals surface area contributed by atoms with Gasteiger partial charge in [-0.2, -0.15) is 0 Å². The number of carbonyl (C=O) groups excluding carboxylic acids is 1. The van der Waals surface area contributed by atoms with Crippen LogP contribution in [-0.4, -0.2) is 38.4 Å². The van der Waals surface area contributed by atoms with Crippen LogP contribution in [0.25, 0.3) is 0 Å². The monoisotopic (exact) mass is 312 g/mol. The van der Waals surface area contributed by atoms with Crippen molar-refractivity contribution in [3.05, 3.63) is 23.8 Å². The molecule has 1 aliphatic heterocycles. The molecule has 6 nitrogen and oxygen atoms in total. The Morgan fingerprint density at radius 1 is 1.29 bits per heavy atom. The zero-order chi connectivity index (χ0) is 15.6. The second kappa shape index (κ2) is 6.03. The van der Waals surface area contributed by atoms with E-state index in [-0.39, 0.29) is 23.6 Å². The van der Waals surface area contributed by atoms with E-state index in [9.17, 15) is 13.2 Å². The lowest BCUT2D eigenvalue weighted by Crippen LogP contribution is -2.33. The topological polar surface area (TPSA) is 89.7 Å². The number of carbonyl (C=O) groups is 1. The number of rotatable bonds is 6. The summed E-state index contributed by atoms with van der Waals surface area (Å²) in [5, 5.41) is 0. The van der Waals surface area contributed by atoms with Gasteiger partial charge < -0.3 is 10.5 Å². The fourth-order valence-electron chi connectivity index (χ4n) is 2.09. The first-order valence-electron chi connectivity index (χ1n) is 6.88. The van der Waals surface area contributed by atoms with Crippen molar-refractivity contribution in [3.63, 3.8) is 0 Å². The Morgan fingerprint density at radius 2 is 2.00 bits per heavy atom. The Morgan fingerprint density at radius 3 is 2.67 bits per heavy atom. The van der Waals surface area contributed by atoms with Gasteiger partial charge in [0.1, 0.15) is 4.90 Å². The van der Waals surface area contributed by atoms with E-state index >= 15 is 0 Å². The number of ether oxygens (including phenoxy) is 1. The van der Waals surface area contributed by atoms with Crippen LogP contribution >= 0.6 is 0 Å². The zero-order valence-corrected chi connectivity index (χ0v) is 13.0. The highest BCUT2D eigenvalue weighted by atomic mass is 32.2. The Hall–Kier alpha value is -1.60. The summed E-state index contributed by atoms with van der Waals surface area (Å²) in [5.74, 6) is -0.0147. The van der Waals surface area contributed by atoms with Gasteiger partial charge in [0, 0.05) is 12.3 Å². The Balaban J connectivity index is 2.04. The lowest BCUT2D eigenvalue weighted by molar-refractivity contribution is 0.0785. The molecular formula is C14H20N2O4S. The molecule has 0 atom stereocenters. The van der Waals surface area contributed by atoms with Crippen LogP contribution in [0.1, 0.15) is 30.6 Å². The van der Waals surface area contributed by atoms with E-state index in [4.69, 9.17) is 10.5 Å². The number of sulfonamides is 1. The van der Waals surface area contributed by atoms with Crippen molar-refractivity contribution in [1.29, 1.82) is 0 Å². The molecule has 0 unspecified atom stereocenters. The minimum atomic E-state index is -3.77. The summed E-state index contributed by atoms with van der Waals surface area (Å²) >= 11 is 0. The van der Waals surface area contributed by atoms with Crippen LogP contribution in [0.5, 0.6) is 0 Å². The predicted molar refractivity (Wildman–Crippen MR) is 79.4 cm³/mol. The Kier molecular flexibility index (Phi) is 4.53. The van der Waals surface area contributed by atoms with Gasteiger partial charge in [0.25, 0.3) is 15.9 Å². The minimum absolute atomic E-state index is 0.0175. The Labute approximate surface area is 124 Å². The van der Waals surface area contributed by atoms with Crippen molar-refractivity contribution in [1.82, 2.24) is 4.31 Å². The molecule has 0 saturated heterocycles. The number of amides is 1. The van der Waals surface area contributed by atoms with Gasteiger partial charge in [-0.15, -0.1) is 0 Å². The maximum atomic E-state index is 12.3.